The van der Waals surface area contributed by atoms with E-state index >= 15 is 0 Å². The normalized spacial score (nSPS) is 11.3. The second-order valence-corrected chi connectivity index (χ2v) is 9.18. The lowest BCUT2D eigenvalue weighted by molar-refractivity contribution is -0.113. The molecule has 0 spiro atoms. The Balaban J connectivity index is 1.64. The third-order valence-corrected chi connectivity index (χ3v) is 5.68. The summed E-state index contributed by atoms with van der Waals surface area (Å²) < 4.78 is 0. The highest BCUT2D eigenvalue weighted by Crippen LogP contribution is 2.26. The number of hydrogen-bond acceptors (Lipinski definition) is 4. The molecule has 0 fully saturated rings. The van der Waals surface area contributed by atoms with E-state index in [1.54, 1.807) is 0 Å². The number of benzene rings is 2. The Morgan fingerprint density at radius 2 is 1.83 bits per heavy atom. The zero-order valence-electron chi connectivity index (χ0n) is 17.8. The second kappa shape index (κ2) is 9.30. The van der Waals surface area contributed by atoms with Crippen LogP contribution >= 0.6 is 11.8 Å². The van der Waals surface area contributed by atoms with Crippen molar-refractivity contribution in [3.8, 4) is 11.4 Å². The van der Waals surface area contributed by atoms with Crippen molar-refractivity contribution in [2.24, 2.45) is 0 Å². The SMILES string of the molecule is CCc1cc(=O)[nH]c(-c2cccc(NC(=O)CSc3ccc(C(C)(C)C)cc3)c2)n1. The summed E-state index contributed by atoms with van der Waals surface area (Å²) in [6.45, 7) is 8.50. The Labute approximate surface area is 181 Å². The first-order valence-corrected chi connectivity index (χ1v) is 11.0. The van der Waals surface area contributed by atoms with Gasteiger partial charge in [0.25, 0.3) is 5.56 Å². The fourth-order valence-electron chi connectivity index (χ4n) is 2.97. The Kier molecular flexibility index (Phi) is 6.77. The molecule has 0 atom stereocenters. The van der Waals surface area contributed by atoms with Gasteiger partial charge in [0.05, 0.1) is 5.75 Å². The predicted octanol–water partition coefficient (Wildman–Crippen LogP) is 5.03. The summed E-state index contributed by atoms with van der Waals surface area (Å²) in [5, 5.41) is 2.92. The van der Waals surface area contributed by atoms with Gasteiger partial charge in [-0.15, -0.1) is 11.8 Å². The smallest absolute Gasteiger partial charge is 0.251 e. The lowest BCUT2D eigenvalue weighted by Gasteiger charge is -2.19. The van der Waals surface area contributed by atoms with Gasteiger partial charge >= 0.3 is 0 Å². The molecule has 156 valence electrons. The predicted molar refractivity (Wildman–Crippen MR) is 124 cm³/mol. The van der Waals surface area contributed by atoms with E-state index in [0.29, 0.717) is 23.7 Å². The van der Waals surface area contributed by atoms with Crippen molar-refractivity contribution < 1.29 is 4.79 Å². The highest BCUT2D eigenvalue weighted by Gasteiger charge is 2.13. The van der Waals surface area contributed by atoms with Crippen LogP contribution in [0, 0.1) is 0 Å². The fraction of sp³-hybridized carbons (Fsp3) is 0.292. The first kappa shape index (κ1) is 21.8. The minimum absolute atomic E-state index is 0.0826. The highest BCUT2D eigenvalue weighted by atomic mass is 32.2. The molecule has 2 aromatic carbocycles. The van der Waals surface area contributed by atoms with Gasteiger partial charge in [0.15, 0.2) is 0 Å². The van der Waals surface area contributed by atoms with Crippen molar-refractivity contribution in [1.82, 2.24) is 9.97 Å². The van der Waals surface area contributed by atoms with Crippen molar-refractivity contribution in [1.29, 1.82) is 0 Å². The zero-order chi connectivity index (χ0) is 21.7. The van der Waals surface area contributed by atoms with Crippen LogP contribution in [0.15, 0.2) is 64.3 Å². The van der Waals surface area contributed by atoms with Gasteiger partial charge in [-0.1, -0.05) is 52.0 Å². The molecule has 3 aromatic rings. The van der Waals surface area contributed by atoms with E-state index in [-0.39, 0.29) is 16.9 Å². The van der Waals surface area contributed by atoms with Crippen molar-refractivity contribution in [2.75, 3.05) is 11.1 Å². The molecule has 1 heterocycles. The monoisotopic (exact) mass is 421 g/mol. The summed E-state index contributed by atoms with van der Waals surface area (Å²) in [4.78, 5) is 32.5. The molecule has 30 heavy (non-hydrogen) atoms. The number of amides is 1. The van der Waals surface area contributed by atoms with Crippen molar-refractivity contribution >= 4 is 23.4 Å². The van der Waals surface area contributed by atoms with Crippen molar-refractivity contribution in [3.63, 3.8) is 0 Å². The number of nitrogens with zero attached hydrogens (tertiary/aromatic N) is 1. The Hall–Kier alpha value is -2.86. The number of hydrogen-bond donors (Lipinski definition) is 2. The van der Waals surface area contributed by atoms with E-state index < -0.39 is 0 Å². The molecular formula is C24H27N3O2S. The van der Waals surface area contributed by atoms with E-state index in [1.165, 1.54) is 23.4 Å². The molecule has 1 amide bonds. The van der Waals surface area contributed by atoms with Crippen LogP contribution in [0.5, 0.6) is 0 Å². The maximum absolute atomic E-state index is 12.4. The van der Waals surface area contributed by atoms with Gasteiger partial charge in [-0.3, -0.25) is 9.59 Å². The van der Waals surface area contributed by atoms with Crippen LogP contribution < -0.4 is 10.9 Å². The van der Waals surface area contributed by atoms with E-state index in [2.05, 4.69) is 60.3 Å². The van der Waals surface area contributed by atoms with E-state index in [0.717, 1.165) is 16.2 Å². The second-order valence-electron chi connectivity index (χ2n) is 8.13. The van der Waals surface area contributed by atoms with Crippen LogP contribution in [0.3, 0.4) is 0 Å². The summed E-state index contributed by atoms with van der Waals surface area (Å²) in [7, 11) is 0. The number of carbonyl (C=O) groups is 1. The Morgan fingerprint density at radius 1 is 1.10 bits per heavy atom. The van der Waals surface area contributed by atoms with Crippen molar-refractivity contribution in [3.05, 3.63) is 76.2 Å². The lowest BCUT2D eigenvalue weighted by atomic mass is 9.87. The van der Waals surface area contributed by atoms with Gasteiger partial charge in [0.2, 0.25) is 5.91 Å². The molecule has 0 saturated heterocycles. The fourth-order valence-corrected chi connectivity index (χ4v) is 3.67. The molecular weight excluding hydrogens is 394 g/mol. The average Bonchev–Trinajstić information content (AvgIpc) is 2.71. The largest absolute Gasteiger partial charge is 0.325 e. The van der Waals surface area contributed by atoms with Gasteiger partial charge in [-0.25, -0.2) is 4.98 Å². The summed E-state index contributed by atoms with van der Waals surface area (Å²) in [6, 6.07) is 17.2. The maximum Gasteiger partial charge on any atom is 0.251 e. The van der Waals surface area contributed by atoms with Gasteiger partial charge in [-0.05, 0) is 41.7 Å². The van der Waals surface area contributed by atoms with Gasteiger partial charge in [0.1, 0.15) is 5.82 Å². The highest BCUT2D eigenvalue weighted by molar-refractivity contribution is 8.00. The van der Waals surface area contributed by atoms with E-state index in [9.17, 15) is 9.59 Å². The number of rotatable bonds is 6. The molecule has 0 saturated carbocycles. The van der Waals surface area contributed by atoms with E-state index in [1.807, 2.05) is 31.2 Å². The van der Waals surface area contributed by atoms with Gasteiger partial charge in [-0.2, -0.15) is 0 Å². The van der Waals surface area contributed by atoms with Crippen molar-refractivity contribution in [2.45, 2.75) is 44.4 Å². The topological polar surface area (TPSA) is 74.8 Å². The Bertz CT molecular complexity index is 1080. The van der Waals surface area contributed by atoms with Crippen LogP contribution in [-0.4, -0.2) is 21.6 Å². The first-order chi connectivity index (χ1) is 14.2. The van der Waals surface area contributed by atoms with Crippen LogP contribution in [0.1, 0.15) is 39.0 Å². The number of H-pyrrole nitrogens is 1. The molecule has 1 aromatic heterocycles. The molecule has 3 rings (SSSR count). The molecule has 0 unspecified atom stereocenters. The summed E-state index contributed by atoms with van der Waals surface area (Å²) in [5.74, 6) is 0.740. The number of carbonyl (C=O) groups excluding carboxylic acids is 1. The molecule has 0 radical (unpaired) electrons. The summed E-state index contributed by atoms with van der Waals surface area (Å²) in [6.07, 6.45) is 0.682. The molecule has 0 aliphatic heterocycles. The number of nitrogens with one attached hydrogen (secondary N) is 2. The quantitative estimate of drug-likeness (QED) is 0.548. The molecule has 0 aliphatic rings. The van der Waals surface area contributed by atoms with Crippen LogP contribution in [0.4, 0.5) is 5.69 Å². The third-order valence-electron chi connectivity index (χ3n) is 4.67. The number of thioether (sulfide) groups is 1. The minimum atomic E-state index is -0.180. The molecule has 5 nitrogen and oxygen atoms in total. The maximum atomic E-state index is 12.4. The molecule has 2 N–H and O–H groups in total. The van der Waals surface area contributed by atoms with Crippen LogP contribution in [-0.2, 0) is 16.6 Å². The standard InChI is InChI=1S/C24H27N3O2S/c1-5-18-14-21(28)27-23(26-18)16-7-6-8-19(13-16)25-22(29)15-30-20-11-9-17(10-12-20)24(2,3)4/h6-14H,5,15H2,1-4H3,(H,25,29)(H,26,27,28). The minimum Gasteiger partial charge on any atom is -0.325 e. The third kappa shape index (κ3) is 5.83. The lowest BCUT2D eigenvalue weighted by Crippen LogP contribution is -2.14. The zero-order valence-corrected chi connectivity index (χ0v) is 18.6. The molecule has 0 bridgehead atoms. The Morgan fingerprint density at radius 3 is 2.50 bits per heavy atom. The van der Waals surface area contributed by atoms with Crippen LogP contribution in [0.25, 0.3) is 11.4 Å². The number of aromatic nitrogens is 2. The number of anilines is 1. The van der Waals surface area contributed by atoms with Gasteiger partial charge in [0, 0.05) is 27.9 Å². The molecule has 0 aliphatic carbocycles. The first-order valence-electron chi connectivity index (χ1n) is 9.98. The number of aryl methyl sites for hydroxylation is 1. The molecule has 6 heteroatoms. The van der Waals surface area contributed by atoms with Crippen LogP contribution in [0.2, 0.25) is 0 Å². The van der Waals surface area contributed by atoms with Gasteiger partial charge < -0.3 is 10.3 Å². The summed E-state index contributed by atoms with van der Waals surface area (Å²) in [5.41, 5.74) is 3.36. The summed E-state index contributed by atoms with van der Waals surface area (Å²) >= 11 is 1.50. The average molecular weight is 422 g/mol. The van der Waals surface area contributed by atoms with E-state index in [4.69, 9.17) is 0 Å². The number of aromatic amines is 1.